The SMILES string of the molecule is COC(=O)c1c(NC(=O)CN2CCN(c3ccccn3)CC2)sc2c1CCCC2. The summed E-state index contributed by atoms with van der Waals surface area (Å²) in [6, 6.07) is 5.91. The number of rotatable bonds is 5. The molecule has 7 nitrogen and oxygen atoms in total. The molecule has 1 aliphatic carbocycles. The number of pyridine rings is 1. The molecule has 8 heteroatoms. The molecule has 0 radical (unpaired) electrons. The number of nitrogens with zero attached hydrogens (tertiary/aromatic N) is 3. The molecule has 0 spiro atoms. The highest BCUT2D eigenvalue weighted by atomic mass is 32.1. The van der Waals surface area contributed by atoms with E-state index in [0.717, 1.165) is 63.2 Å². The van der Waals surface area contributed by atoms with Gasteiger partial charge in [0.25, 0.3) is 0 Å². The zero-order chi connectivity index (χ0) is 20.2. The number of anilines is 2. The first-order chi connectivity index (χ1) is 14.2. The Hall–Kier alpha value is -2.45. The molecule has 1 saturated heterocycles. The van der Waals surface area contributed by atoms with Gasteiger partial charge in [0.15, 0.2) is 0 Å². The van der Waals surface area contributed by atoms with Crippen molar-refractivity contribution in [3.8, 4) is 0 Å². The van der Waals surface area contributed by atoms with Crippen LogP contribution in [0.2, 0.25) is 0 Å². The van der Waals surface area contributed by atoms with Crippen molar-refractivity contribution in [1.29, 1.82) is 0 Å². The molecule has 0 aromatic carbocycles. The standard InChI is InChI=1S/C21H26N4O3S/c1-28-21(27)19-15-6-2-3-7-16(15)29-20(19)23-18(26)14-24-10-12-25(13-11-24)17-8-4-5-9-22-17/h4-5,8-9H,2-3,6-7,10-14H2,1H3,(H,23,26). The number of thiophene rings is 1. The predicted octanol–water partition coefficient (Wildman–Crippen LogP) is 2.57. The Bertz CT molecular complexity index is 876. The Morgan fingerprint density at radius 1 is 1.17 bits per heavy atom. The van der Waals surface area contributed by atoms with Gasteiger partial charge in [0.2, 0.25) is 5.91 Å². The van der Waals surface area contributed by atoms with Crippen molar-refractivity contribution in [2.45, 2.75) is 25.7 Å². The third-order valence-corrected chi connectivity index (χ3v) is 6.73. The smallest absolute Gasteiger partial charge is 0.341 e. The summed E-state index contributed by atoms with van der Waals surface area (Å²) in [6.45, 7) is 3.60. The van der Waals surface area contributed by atoms with Gasteiger partial charge >= 0.3 is 5.97 Å². The molecule has 2 aliphatic rings. The van der Waals surface area contributed by atoms with Crippen LogP contribution in [0.4, 0.5) is 10.8 Å². The van der Waals surface area contributed by atoms with Crippen LogP contribution in [0.5, 0.6) is 0 Å². The van der Waals surface area contributed by atoms with E-state index >= 15 is 0 Å². The Labute approximate surface area is 174 Å². The summed E-state index contributed by atoms with van der Waals surface area (Å²) in [5, 5.41) is 3.62. The van der Waals surface area contributed by atoms with Crippen LogP contribution < -0.4 is 10.2 Å². The first-order valence-corrected chi connectivity index (χ1v) is 10.9. The maximum absolute atomic E-state index is 12.7. The summed E-state index contributed by atoms with van der Waals surface area (Å²) in [4.78, 5) is 35.0. The van der Waals surface area contributed by atoms with Crippen LogP contribution in [0.1, 0.15) is 33.6 Å². The highest BCUT2D eigenvalue weighted by molar-refractivity contribution is 7.17. The first-order valence-electron chi connectivity index (χ1n) is 10.1. The molecule has 0 atom stereocenters. The lowest BCUT2D eigenvalue weighted by molar-refractivity contribution is -0.117. The molecule has 29 heavy (non-hydrogen) atoms. The Morgan fingerprint density at radius 3 is 2.69 bits per heavy atom. The topological polar surface area (TPSA) is 74.8 Å². The van der Waals surface area contributed by atoms with Crippen molar-refractivity contribution in [3.05, 3.63) is 40.4 Å². The lowest BCUT2D eigenvalue weighted by Crippen LogP contribution is -2.48. The highest BCUT2D eigenvalue weighted by Crippen LogP contribution is 2.38. The summed E-state index contributed by atoms with van der Waals surface area (Å²) in [5.74, 6) is 0.534. The van der Waals surface area contributed by atoms with Crippen molar-refractivity contribution >= 4 is 34.0 Å². The number of piperazine rings is 1. The van der Waals surface area contributed by atoms with Crippen LogP contribution >= 0.6 is 11.3 Å². The van der Waals surface area contributed by atoms with Gasteiger partial charge in [-0.1, -0.05) is 6.07 Å². The predicted molar refractivity (Wildman–Crippen MR) is 114 cm³/mol. The van der Waals surface area contributed by atoms with E-state index in [1.54, 1.807) is 6.20 Å². The van der Waals surface area contributed by atoms with Gasteiger partial charge in [-0.05, 0) is 43.4 Å². The van der Waals surface area contributed by atoms with E-state index in [1.807, 2.05) is 18.2 Å². The minimum atomic E-state index is -0.358. The lowest BCUT2D eigenvalue weighted by Gasteiger charge is -2.34. The summed E-state index contributed by atoms with van der Waals surface area (Å²) < 4.78 is 4.98. The van der Waals surface area contributed by atoms with Crippen molar-refractivity contribution in [2.24, 2.45) is 0 Å². The fourth-order valence-corrected chi connectivity index (χ4v) is 5.31. The third-order valence-electron chi connectivity index (χ3n) is 5.53. The normalized spacial score (nSPS) is 16.9. The van der Waals surface area contributed by atoms with Crippen LogP contribution in [-0.2, 0) is 22.4 Å². The molecule has 4 rings (SSSR count). The van der Waals surface area contributed by atoms with E-state index < -0.39 is 0 Å². The van der Waals surface area contributed by atoms with Crippen molar-refractivity contribution in [1.82, 2.24) is 9.88 Å². The van der Waals surface area contributed by atoms with Gasteiger partial charge in [-0.3, -0.25) is 9.69 Å². The average molecular weight is 415 g/mol. The summed E-state index contributed by atoms with van der Waals surface area (Å²) in [5.41, 5.74) is 1.62. The molecule has 2 aromatic rings. The zero-order valence-electron chi connectivity index (χ0n) is 16.6. The summed E-state index contributed by atoms with van der Waals surface area (Å²) in [6.07, 6.45) is 5.84. The average Bonchev–Trinajstić information content (AvgIpc) is 3.12. The molecule has 0 unspecified atom stereocenters. The molecule has 0 bridgehead atoms. The molecule has 1 amide bonds. The van der Waals surface area contributed by atoms with Crippen LogP contribution in [0.25, 0.3) is 0 Å². The first kappa shape index (κ1) is 19.8. The van der Waals surface area contributed by atoms with E-state index in [1.165, 1.54) is 23.3 Å². The van der Waals surface area contributed by atoms with Gasteiger partial charge in [-0.15, -0.1) is 11.3 Å². The molecule has 1 aliphatic heterocycles. The van der Waals surface area contributed by atoms with Crippen molar-refractivity contribution in [2.75, 3.05) is 50.1 Å². The molecule has 0 saturated carbocycles. The van der Waals surface area contributed by atoms with Crippen LogP contribution in [0.3, 0.4) is 0 Å². The number of hydrogen-bond acceptors (Lipinski definition) is 7. The van der Waals surface area contributed by atoms with Crippen LogP contribution in [0, 0.1) is 0 Å². The molecule has 1 fully saturated rings. The van der Waals surface area contributed by atoms with Gasteiger partial charge < -0.3 is 15.0 Å². The Balaban J connectivity index is 1.37. The van der Waals surface area contributed by atoms with E-state index in [4.69, 9.17) is 4.74 Å². The maximum Gasteiger partial charge on any atom is 0.341 e. The quantitative estimate of drug-likeness (QED) is 0.758. The fraction of sp³-hybridized carbons (Fsp3) is 0.476. The van der Waals surface area contributed by atoms with Crippen molar-refractivity contribution < 1.29 is 14.3 Å². The number of carbonyl (C=O) groups is 2. The van der Waals surface area contributed by atoms with Gasteiger partial charge in [0, 0.05) is 37.3 Å². The van der Waals surface area contributed by atoms with Crippen molar-refractivity contribution in [3.63, 3.8) is 0 Å². The number of carbonyl (C=O) groups excluding carboxylic acids is 2. The minimum Gasteiger partial charge on any atom is -0.465 e. The Kier molecular flexibility index (Phi) is 6.10. The molecule has 154 valence electrons. The molecular weight excluding hydrogens is 388 g/mol. The van der Waals surface area contributed by atoms with E-state index in [9.17, 15) is 9.59 Å². The molecule has 2 aromatic heterocycles. The largest absolute Gasteiger partial charge is 0.465 e. The van der Waals surface area contributed by atoms with Gasteiger partial charge in [0.1, 0.15) is 10.8 Å². The second-order valence-electron chi connectivity index (χ2n) is 7.41. The Morgan fingerprint density at radius 2 is 1.97 bits per heavy atom. The van der Waals surface area contributed by atoms with Gasteiger partial charge in [-0.25, -0.2) is 9.78 Å². The zero-order valence-corrected chi connectivity index (χ0v) is 17.5. The number of ether oxygens (including phenoxy) is 1. The number of nitrogens with one attached hydrogen (secondary N) is 1. The molecule has 3 heterocycles. The number of aromatic nitrogens is 1. The fourth-order valence-electron chi connectivity index (χ4n) is 4.02. The van der Waals surface area contributed by atoms with Gasteiger partial charge in [0.05, 0.1) is 19.2 Å². The molecular formula is C21H26N4O3S. The number of fused-ring (bicyclic) bond motifs is 1. The van der Waals surface area contributed by atoms with Crippen LogP contribution in [-0.4, -0.2) is 61.6 Å². The number of amides is 1. The van der Waals surface area contributed by atoms with E-state index in [2.05, 4.69) is 20.1 Å². The maximum atomic E-state index is 12.7. The minimum absolute atomic E-state index is 0.0833. The second-order valence-corrected chi connectivity index (χ2v) is 8.51. The second kappa shape index (κ2) is 8.92. The van der Waals surface area contributed by atoms with E-state index in [0.29, 0.717) is 17.1 Å². The lowest BCUT2D eigenvalue weighted by atomic mass is 9.95. The van der Waals surface area contributed by atoms with Crippen LogP contribution in [0.15, 0.2) is 24.4 Å². The van der Waals surface area contributed by atoms with E-state index in [-0.39, 0.29) is 11.9 Å². The third kappa shape index (κ3) is 4.43. The number of esters is 1. The monoisotopic (exact) mass is 414 g/mol. The summed E-state index contributed by atoms with van der Waals surface area (Å²) in [7, 11) is 1.39. The number of hydrogen-bond donors (Lipinski definition) is 1. The van der Waals surface area contributed by atoms with Gasteiger partial charge in [-0.2, -0.15) is 0 Å². The number of aryl methyl sites for hydroxylation is 1. The highest BCUT2D eigenvalue weighted by Gasteiger charge is 2.27. The summed E-state index contributed by atoms with van der Waals surface area (Å²) >= 11 is 1.53. The molecule has 1 N–H and O–H groups in total. The number of methoxy groups -OCH3 is 1.